The van der Waals surface area contributed by atoms with E-state index < -0.39 is 5.24 Å². The van der Waals surface area contributed by atoms with Crippen LogP contribution in [-0.2, 0) is 4.79 Å². The van der Waals surface area contributed by atoms with E-state index in [2.05, 4.69) is 5.32 Å². The molecule has 19 heavy (non-hydrogen) atoms. The highest BCUT2D eigenvalue weighted by molar-refractivity contribution is 8.14. The summed E-state index contributed by atoms with van der Waals surface area (Å²) in [6, 6.07) is 6.68. The Labute approximate surface area is 115 Å². The molecule has 0 heterocycles. The van der Waals surface area contributed by atoms with Gasteiger partial charge in [0.05, 0.1) is 5.75 Å². The van der Waals surface area contributed by atoms with Crippen LogP contribution in [0.1, 0.15) is 30.1 Å². The van der Waals surface area contributed by atoms with Crippen LogP contribution in [0.25, 0.3) is 0 Å². The number of nitrogens with two attached hydrogens (primary N) is 1. The molecule has 0 saturated heterocycles. The van der Waals surface area contributed by atoms with E-state index in [9.17, 15) is 14.4 Å². The maximum atomic E-state index is 11.6. The zero-order chi connectivity index (χ0) is 14.3. The fourth-order valence-corrected chi connectivity index (χ4v) is 1.79. The van der Waals surface area contributed by atoms with Gasteiger partial charge in [-0.05, 0) is 30.7 Å². The van der Waals surface area contributed by atoms with Gasteiger partial charge >= 0.3 is 0 Å². The average Bonchev–Trinajstić information content (AvgIpc) is 2.37. The van der Waals surface area contributed by atoms with E-state index in [1.165, 1.54) is 0 Å². The van der Waals surface area contributed by atoms with E-state index in [4.69, 9.17) is 5.73 Å². The van der Waals surface area contributed by atoms with Gasteiger partial charge in [-0.1, -0.05) is 18.7 Å². The third-order valence-corrected chi connectivity index (χ3v) is 3.00. The van der Waals surface area contributed by atoms with Gasteiger partial charge in [0.1, 0.15) is 0 Å². The Kier molecular flexibility index (Phi) is 6.08. The molecule has 0 atom stereocenters. The molecule has 0 aromatic heterocycles. The summed E-state index contributed by atoms with van der Waals surface area (Å²) in [6.45, 7) is 1.95. The maximum absolute atomic E-state index is 11.6. The predicted octanol–water partition coefficient (Wildman–Crippen LogP) is 2.42. The summed E-state index contributed by atoms with van der Waals surface area (Å²) in [5, 5.41) is 2.03. The minimum absolute atomic E-state index is 0.0220. The van der Waals surface area contributed by atoms with Crippen molar-refractivity contribution in [1.82, 2.24) is 0 Å². The molecular weight excluding hydrogens is 264 g/mol. The lowest BCUT2D eigenvalue weighted by Crippen LogP contribution is -2.16. The van der Waals surface area contributed by atoms with E-state index in [0.29, 0.717) is 17.7 Å². The Morgan fingerprint density at radius 2 is 1.84 bits per heavy atom. The molecule has 0 aliphatic heterocycles. The molecule has 1 rings (SSSR count). The number of carbonyl (C=O) groups is 3. The quantitative estimate of drug-likeness (QED) is 0.783. The summed E-state index contributed by atoms with van der Waals surface area (Å²) < 4.78 is 0. The van der Waals surface area contributed by atoms with E-state index in [1.807, 2.05) is 6.92 Å². The number of benzene rings is 1. The van der Waals surface area contributed by atoms with E-state index in [1.54, 1.807) is 24.3 Å². The predicted molar refractivity (Wildman–Crippen MR) is 76.4 cm³/mol. The molecule has 0 fully saturated rings. The van der Waals surface area contributed by atoms with Crippen LogP contribution in [0.2, 0.25) is 0 Å². The number of thioether (sulfide) groups is 1. The number of hydrogen-bond donors (Lipinski definition) is 2. The van der Waals surface area contributed by atoms with Gasteiger partial charge < -0.3 is 11.1 Å². The van der Waals surface area contributed by atoms with Crippen molar-refractivity contribution < 1.29 is 14.4 Å². The smallest absolute Gasteiger partial charge is 0.276 e. The number of hydrogen-bond acceptors (Lipinski definition) is 4. The van der Waals surface area contributed by atoms with E-state index in [0.717, 1.165) is 18.2 Å². The highest BCUT2D eigenvalue weighted by Gasteiger charge is 2.07. The molecule has 0 aliphatic rings. The number of anilines is 1. The van der Waals surface area contributed by atoms with Crippen molar-refractivity contribution in [2.75, 3.05) is 11.1 Å². The van der Waals surface area contributed by atoms with Gasteiger partial charge in [-0.15, -0.1) is 0 Å². The number of Topliss-reactive ketones (excluding diaryl/α,β-unsaturated/α-hetero) is 1. The van der Waals surface area contributed by atoms with Crippen molar-refractivity contribution in [3.63, 3.8) is 0 Å². The monoisotopic (exact) mass is 280 g/mol. The summed E-state index contributed by atoms with van der Waals surface area (Å²) in [4.78, 5) is 33.6. The molecule has 0 spiro atoms. The Balaban J connectivity index is 2.54. The molecule has 0 bridgehead atoms. The Morgan fingerprint density at radius 3 is 2.37 bits per heavy atom. The Hall–Kier alpha value is -1.82. The zero-order valence-electron chi connectivity index (χ0n) is 10.6. The summed E-state index contributed by atoms with van der Waals surface area (Å²) in [6.07, 6.45) is 1.32. The van der Waals surface area contributed by atoms with Crippen molar-refractivity contribution in [2.24, 2.45) is 5.73 Å². The van der Waals surface area contributed by atoms with Gasteiger partial charge in [-0.3, -0.25) is 14.4 Å². The molecular formula is C13H16N2O3S. The van der Waals surface area contributed by atoms with Gasteiger partial charge in [0.15, 0.2) is 5.78 Å². The highest BCUT2D eigenvalue weighted by Crippen LogP contribution is 2.12. The Bertz CT molecular complexity index is 471. The average molecular weight is 280 g/mol. The highest BCUT2D eigenvalue weighted by atomic mass is 32.2. The topological polar surface area (TPSA) is 89.3 Å². The molecule has 5 nitrogen and oxygen atoms in total. The second-order valence-electron chi connectivity index (χ2n) is 3.91. The second-order valence-corrected chi connectivity index (χ2v) is 4.89. The van der Waals surface area contributed by atoms with Gasteiger partial charge in [0.25, 0.3) is 5.24 Å². The van der Waals surface area contributed by atoms with Gasteiger partial charge in [-0.2, -0.15) is 0 Å². The number of ketones is 1. The maximum Gasteiger partial charge on any atom is 0.276 e. The zero-order valence-corrected chi connectivity index (χ0v) is 11.5. The number of nitrogens with one attached hydrogen (secondary N) is 1. The van der Waals surface area contributed by atoms with Crippen molar-refractivity contribution >= 4 is 34.4 Å². The fourth-order valence-electron chi connectivity index (χ4n) is 1.44. The van der Waals surface area contributed by atoms with Gasteiger partial charge in [-0.25, -0.2) is 0 Å². The van der Waals surface area contributed by atoms with Crippen LogP contribution in [0.3, 0.4) is 0 Å². The third-order valence-electron chi connectivity index (χ3n) is 2.31. The molecule has 6 heteroatoms. The van der Waals surface area contributed by atoms with Crippen LogP contribution in [0.5, 0.6) is 0 Å². The first kappa shape index (κ1) is 15.2. The molecule has 102 valence electrons. The summed E-state index contributed by atoms with van der Waals surface area (Å²) in [7, 11) is 0. The lowest BCUT2D eigenvalue weighted by molar-refractivity contribution is -0.113. The number of amides is 2. The lowest BCUT2D eigenvalue weighted by Gasteiger charge is -2.05. The Morgan fingerprint density at radius 1 is 1.21 bits per heavy atom. The summed E-state index contributed by atoms with van der Waals surface area (Å²) in [5.74, 6) is -0.243. The number of primary amides is 1. The van der Waals surface area contributed by atoms with Gasteiger partial charge in [0, 0.05) is 17.7 Å². The van der Waals surface area contributed by atoms with Gasteiger partial charge in [0.2, 0.25) is 5.91 Å². The molecule has 0 aliphatic carbocycles. The van der Waals surface area contributed by atoms with Crippen molar-refractivity contribution in [2.45, 2.75) is 19.8 Å². The number of rotatable bonds is 6. The number of carbonyl (C=O) groups excluding carboxylic acids is 3. The molecule has 0 saturated carbocycles. The molecule has 2 amide bonds. The largest absolute Gasteiger partial charge is 0.361 e. The first-order chi connectivity index (χ1) is 9.02. The van der Waals surface area contributed by atoms with Crippen LogP contribution in [0, 0.1) is 0 Å². The van der Waals surface area contributed by atoms with Crippen LogP contribution in [-0.4, -0.2) is 22.7 Å². The standard InChI is InChI=1S/C13H16N2O3S/c1-2-3-11(16)9-4-6-10(7-5-9)15-12(17)8-19-13(14)18/h4-7H,2-3,8H2,1H3,(H2,14,18)(H,15,17). The van der Waals surface area contributed by atoms with E-state index in [-0.39, 0.29) is 17.4 Å². The van der Waals surface area contributed by atoms with E-state index >= 15 is 0 Å². The van der Waals surface area contributed by atoms with Crippen LogP contribution < -0.4 is 11.1 Å². The van der Waals surface area contributed by atoms with Crippen molar-refractivity contribution in [3.8, 4) is 0 Å². The lowest BCUT2D eigenvalue weighted by atomic mass is 10.1. The van der Waals surface area contributed by atoms with Crippen molar-refractivity contribution in [1.29, 1.82) is 0 Å². The molecule has 0 unspecified atom stereocenters. The SMILES string of the molecule is CCCC(=O)c1ccc(NC(=O)CSC(N)=O)cc1. The first-order valence-corrected chi connectivity index (χ1v) is 6.87. The molecule has 1 aromatic carbocycles. The summed E-state index contributed by atoms with van der Waals surface area (Å²) in [5.41, 5.74) is 6.14. The minimum atomic E-state index is -0.587. The normalized spacial score (nSPS) is 9.95. The van der Waals surface area contributed by atoms with Crippen LogP contribution >= 0.6 is 11.8 Å². The first-order valence-electron chi connectivity index (χ1n) is 5.88. The minimum Gasteiger partial charge on any atom is -0.361 e. The fraction of sp³-hybridized carbons (Fsp3) is 0.308. The van der Waals surface area contributed by atoms with Crippen LogP contribution in [0.4, 0.5) is 10.5 Å². The second kappa shape index (κ2) is 7.58. The molecule has 3 N–H and O–H groups in total. The molecule has 0 radical (unpaired) electrons. The molecule has 1 aromatic rings. The third kappa shape index (κ3) is 5.56. The van der Waals surface area contributed by atoms with Crippen molar-refractivity contribution in [3.05, 3.63) is 29.8 Å². The van der Waals surface area contributed by atoms with Crippen LogP contribution in [0.15, 0.2) is 24.3 Å². The summed E-state index contributed by atoms with van der Waals surface area (Å²) >= 11 is 0.746.